The lowest BCUT2D eigenvalue weighted by Crippen LogP contribution is -2.49. The van der Waals surface area contributed by atoms with Crippen LogP contribution in [0.2, 0.25) is 0 Å². The van der Waals surface area contributed by atoms with Gasteiger partial charge < -0.3 is 9.80 Å². The highest BCUT2D eigenvalue weighted by atomic mass is 32.2. The maximum atomic E-state index is 12.7. The maximum absolute atomic E-state index is 12.7. The number of hydrogen-bond acceptors (Lipinski definition) is 5. The molecule has 6 heteroatoms. The number of benzene rings is 2. The van der Waals surface area contributed by atoms with Crippen molar-refractivity contribution in [2.75, 3.05) is 42.5 Å². The fraction of sp³-hybridized carbons (Fsp3) is 0.391. The normalized spacial score (nSPS) is 23.9. The number of fused-ring (bicyclic) bond motifs is 3. The van der Waals surface area contributed by atoms with Gasteiger partial charge in [0, 0.05) is 36.8 Å². The van der Waals surface area contributed by atoms with E-state index in [2.05, 4.69) is 69.1 Å². The van der Waals surface area contributed by atoms with Crippen LogP contribution in [0.15, 0.2) is 64.5 Å². The van der Waals surface area contributed by atoms with Crippen LogP contribution in [0.3, 0.4) is 0 Å². The van der Waals surface area contributed by atoms with Gasteiger partial charge in [-0.2, -0.15) is 4.99 Å². The first-order valence-corrected chi connectivity index (χ1v) is 11.2. The molecule has 0 aromatic heterocycles. The van der Waals surface area contributed by atoms with Gasteiger partial charge in [-0.3, -0.25) is 9.69 Å². The molecule has 1 fully saturated rings. The van der Waals surface area contributed by atoms with Crippen molar-refractivity contribution in [3.63, 3.8) is 0 Å². The van der Waals surface area contributed by atoms with E-state index in [4.69, 9.17) is 0 Å². The zero-order valence-corrected chi connectivity index (χ0v) is 17.6. The van der Waals surface area contributed by atoms with E-state index in [1.165, 1.54) is 10.6 Å². The number of amidine groups is 1. The van der Waals surface area contributed by atoms with Crippen LogP contribution in [0.25, 0.3) is 0 Å². The summed E-state index contributed by atoms with van der Waals surface area (Å²) in [6, 6.07) is 18.9. The topological polar surface area (TPSA) is 39.1 Å². The van der Waals surface area contributed by atoms with Crippen molar-refractivity contribution >= 4 is 34.2 Å². The van der Waals surface area contributed by atoms with Gasteiger partial charge in [-0.25, -0.2) is 0 Å². The van der Waals surface area contributed by atoms with Crippen molar-refractivity contribution < 1.29 is 4.79 Å². The third kappa shape index (κ3) is 3.34. The minimum Gasteiger partial charge on any atom is -0.369 e. The molecule has 0 saturated carbocycles. The Morgan fingerprint density at radius 1 is 1.00 bits per heavy atom. The molecule has 5 rings (SSSR count). The highest BCUT2D eigenvalue weighted by Gasteiger charge is 2.50. The van der Waals surface area contributed by atoms with Crippen LogP contribution in [-0.2, 0) is 4.79 Å². The summed E-state index contributed by atoms with van der Waals surface area (Å²) in [5.41, 5.74) is 1.88. The monoisotopic (exact) mass is 406 g/mol. The van der Waals surface area contributed by atoms with Gasteiger partial charge in [0.25, 0.3) is 5.91 Å². The highest BCUT2D eigenvalue weighted by molar-refractivity contribution is 8.14. The first kappa shape index (κ1) is 18.7. The third-order valence-corrected chi connectivity index (χ3v) is 7.30. The van der Waals surface area contributed by atoms with Crippen molar-refractivity contribution in [2.45, 2.75) is 30.2 Å². The molecule has 5 nitrogen and oxygen atoms in total. The Morgan fingerprint density at radius 2 is 1.72 bits per heavy atom. The number of piperazine rings is 1. The predicted octanol–water partition coefficient (Wildman–Crippen LogP) is 3.86. The smallest absolute Gasteiger partial charge is 0.274 e. The summed E-state index contributed by atoms with van der Waals surface area (Å²) in [5, 5.41) is 0.843. The third-order valence-electron chi connectivity index (χ3n) is 6.28. The van der Waals surface area contributed by atoms with Crippen LogP contribution >= 0.6 is 11.8 Å². The average Bonchev–Trinajstić information content (AvgIpc) is 3.23. The summed E-state index contributed by atoms with van der Waals surface area (Å²) in [6.07, 6.45) is 1.83. The summed E-state index contributed by atoms with van der Waals surface area (Å²) in [5.74, 6) is 0.00315. The summed E-state index contributed by atoms with van der Waals surface area (Å²) in [4.78, 5) is 25.5. The van der Waals surface area contributed by atoms with E-state index in [-0.39, 0.29) is 5.91 Å². The van der Waals surface area contributed by atoms with Gasteiger partial charge in [-0.15, -0.1) is 0 Å². The van der Waals surface area contributed by atoms with Crippen molar-refractivity contribution in [1.82, 2.24) is 4.90 Å². The zero-order valence-electron chi connectivity index (χ0n) is 16.8. The number of carbonyl (C=O) groups is 1. The van der Waals surface area contributed by atoms with Gasteiger partial charge in [-0.05, 0) is 62.3 Å². The number of para-hydroxylation sites is 2. The second-order valence-corrected chi connectivity index (χ2v) is 9.16. The van der Waals surface area contributed by atoms with Gasteiger partial charge in [0.05, 0.1) is 5.69 Å². The highest BCUT2D eigenvalue weighted by Crippen LogP contribution is 2.48. The molecule has 2 aromatic rings. The molecule has 1 saturated heterocycles. The molecule has 0 N–H and O–H groups in total. The number of rotatable bonds is 5. The lowest BCUT2D eigenvalue weighted by molar-refractivity contribution is -0.121. The quantitative estimate of drug-likeness (QED) is 0.754. The Morgan fingerprint density at radius 3 is 2.52 bits per heavy atom. The Kier molecular flexibility index (Phi) is 4.84. The first-order valence-electron chi connectivity index (χ1n) is 10.4. The minimum atomic E-state index is -0.555. The summed E-state index contributed by atoms with van der Waals surface area (Å²) in [6.45, 7) is 7.35. The van der Waals surface area contributed by atoms with Crippen LogP contribution in [-0.4, -0.2) is 54.2 Å². The van der Waals surface area contributed by atoms with Crippen LogP contribution in [0.5, 0.6) is 0 Å². The van der Waals surface area contributed by atoms with Gasteiger partial charge in [0.2, 0.25) is 0 Å². The minimum absolute atomic E-state index is 0.00315. The Labute approximate surface area is 176 Å². The van der Waals surface area contributed by atoms with Crippen molar-refractivity contribution in [2.24, 2.45) is 4.99 Å². The van der Waals surface area contributed by atoms with E-state index >= 15 is 0 Å². The largest absolute Gasteiger partial charge is 0.369 e. The second kappa shape index (κ2) is 7.50. The molecule has 150 valence electrons. The standard InChI is InChI=1S/C23H26N4OS/c1-23(21(28)24-22-27(23)19-10-5-6-11-20(19)29-22)12-7-13-25-14-16-26(17-15-25)18-8-3-2-4-9-18/h2-6,8-11H,7,12-17H2,1H3. The van der Waals surface area contributed by atoms with Gasteiger partial charge in [0.1, 0.15) is 5.54 Å². The molecule has 1 amide bonds. The van der Waals surface area contributed by atoms with Crippen LogP contribution in [0.4, 0.5) is 11.4 Å². The maximum Gasteiger partial charge on any atom is 0.274 e. The second-order valence-electron chi connectivity index (χ2n) is 8.15. The number of thioether (sulfide) groups is 1. The number of hydrogen-bond donors (Lipinski definition) is 0. The van der Waals surface area contributed by atoms with E-state index in [0.717, 1.165) is 56.4 Å². The molecule has 2 aromatic carbocycles. The zero-order chi connectivity index (χ0) is 19.8. The SMILES string of the molecule is CC1(CCCN2CCN(c3ccccc3)CC2)C(=O)N=C2Sc3ccccc3N21. The molecule has 3 aliphatic rings. The molecule has 1 atom stereocenters. The van der Waals surface area contributed by atoms with Crippen LogP contribution < -0.4 is 9.80 Å². The Hall–Kier alpha value is -2.31. The van der Waals surface area contributed by atoms with Gasteiger partial charge >= 0.3 is 0 Å². The van der Waals surface area contributed by atoms with Crippen molar-refractivity contribution in [3.05, 3.63) is 54.6 Å². The molecule has 3 heterocycles. The number of anilines is 2. The summed E-state index contributed by atoms with van der Waals surface area (Å²) >= 11 is 1.61. The molecule has 29 heavy (non-hydrogen) atoms. The van der Waals surface area contributed by atoms with E-state index < -0.39 is 5.54 Å². The number of nitrogens with zero attached hydrogens (tertiary/aromatic N) is 4. The summed E-state index contributed by atoms with van der Waals surface area (Å²) in [7, 11) is 0. The Bertz CT molecular complexity index is 939. The molecule has 1 unspecified atom stereocenters. The van der Waals surface area contributed by atoms with E-state index in [9.17, 15) is 4.79 Å². The molecule has 0 bridgehead atoms. The van der Waals surface area contributed by atoms with Gasteiger partial charge in [0.15, 0.2) is 5.17 Å². The van der Waals surface area contributed by atoms with E-state index in [1.807, 2.05) is 12.1 Å². The average molecular weight is 407 g/mol. The molecule has 0 aliphatic carbocycles. The molecular formula is C23H26N4OS. The predicted molar refractivity (Wildman–Crippen MR) is 120 cm³/mol. The van der Waals surface area contributed by atoms with Crippen LogP contribution in [0.1, 0.15) is 19.8 Å². The number of aliphatic imine (C=N–C) groups is 1. The number of carbonyl (C=O) groups excluding carboxylic acids is 1. The fourth-order valence-electron chi connectivity index (χ4n) is 4.56. The van der Waals surface area contributed by atoms with E-state index in [0.29, 0.717) is 0 Å². The lowest BCUT2D eigenvalue weighted by atomic mass is 9.93. The molecule has 3 aliphatic heterocycles. The fourth-order valence-corrected chi connectivity index (χ4v) is 5.69. The van der Waals surface area contributed by atoms with Crippen LogP contribution in [0, 0.1) is 0 Å². The molecular weight excluding hydrogens is 380 g/mol. The Balaban J connectivity index is 1.18. The first-order chi connectivity index (χ1) is 14.1. The van der Waals surface area contributed by atoms with Gasteiger partial charge in [-0.1, -0.05) is 30.3 Å². The number of amides is 1. The van der Waals surface area contributed by atoms with Crippen molar-refractivity contribution in [3.8, 4) is 0 Å². The lowest BCUT2D eigenvalue weighted by Gasteiger charge is -2.37. The van der Waals surface area contributed by atoms with Crippen molar-refractivity contribution in [1.29, 1.82) is 0 Å². The summed E-state index contributed by atoms with van der Waals surface area (Å²) < 4.78 is 0. The van der Waals surface area contributed by atoms with E-state index in [1.54, 1.807) is 11.8 Å². The molecule has 0 radical (unpaired) electrons. The molecule has 0 spiro atoms.